The van der Waals surface area contributed by atoms with Crippen molar-refractivity contribution in [3.8, 4) is 0 Å². The first-order valence-corrected chi connectivity index (χ1v) is 6.53. The van der Waals surface area contributed by atoms with Gasteiger partial charge < -0.3 is 10.6 Å². The number of benzene rings is 1. The van der Waals surface area contributed by atoms with Gasteiger partial charge in [-0.15, -0.1) is 0 Å². The summed E-state index contributed by atoms with van der Waals surface area (Å²) in [5.41, 5.74) is 6.12. The van der Waals surface area contributed by atoms with Crippen molar-refractivity contribution >= 4 is 5.91 Å². The maximum absolute atomic E-state index is 12.5. The monoisotopic (exact) mass is 248 g/mol. The maximum Gasteiger partial charge on any atom is 0.246 e. The Hall–Kier alpha value is -1.35. The fourth-order valence-corrected chi connectivity index (χ4v) is 2.09. The van der Waals surface area contributed by atoms with Gasteiger partial charge in [-0.25, -0.2) is 0 Å². The molecule has 1 amide bonds. The van der Waals surface area contributed by atoms with Crippen molar-refractivity contribution in [2.45, 2.75) is 45.2 Å². The number of carbonyl (C=O) groups excluding carboxylic acids is 1. The van der Waals surface area contributed by atoms with Crippen molar-refractivity contribution in [1.29, 1.82) is 0 Å². The van der Waals surface area contributed by atoms with Gasteiger partial charge in [-0.1, -0.05) is 43.7 Å². The molecule has 3 nitrogen and oxygen atoms in total. The molecule has 0 aliphatic heterocycles. The van der Waals surface area contributed by atoms with Crippen LogP contribution in [0.3, 0.4) is 0 Å². The van der Waals surface area contributed by atoms with Gasteiger partial charge in [0.05, 0.1) is 0 Å². The van der Waals surface area contributed by atoms with Crippen molar-refractivity contribution in [2.75, 3.05) is 7.05 Å². The van der Waals surface area contributed by atoms with E-state index in [9.17, 15) is 4.79 Å². The zero-order chi connectivity index (χ0) is 13.8. The molecule has 0 aromatic heterocycles. The van der Waals surface area contributed by atoms with Crippen LogP contribution < -0.4 is 5.73 Å². The molecule has 1 rings (SSSR count). The minimum Gasteiger partial charge on any atom is -0.341 e. The second kappa shape index (κ2) is 6.01. The first kappa shape index (κ1) is 14.7. The van der Waals surface area contributed by atoms with Gasteiger partial charge in [0.1, 0.15) is 5.54 Å². The van der Waals surface area contributed by atoms with Crippen LogP contribution in [-0.4, -0.2) is 23.9 Å². The highest BCUT2D eigenvalue weighted by Crippen LogP contribution is 2.21. The van der Waals surface area contributed by atoms with Crippen LogP contribution in [0.15, 0.2) is 30.3 Å². The van der Waals surface area contributed by atoms with E-state index < -0.39 is 5.54 Å². The third-order valence-corrected chi connectivity index (χ3v) is 3.51. The van der Waals surface area contributed by atoms with Crippen molar-refractivity contribution in [3.63, 3.8) is 0 Å². The molecular weight excluding hydrogens is 224 g/mol. The van der Waals surface area contributed by atoms with Crippen molar-refractivity contribution in [2.24, 2.45) is 5.73 Å². The Morgan fingerprint density at radius 2 is 1.94 bits per heavy atom. The fraction of sp³-hybridized carbons (Fsp3) is 0.533. The predicted octanol–water partition coefficient (Wildman–Crippen LogP) is 2.51. The SMILES string of the molecule is CCCC(C)N(C)C(=O)C(C)(N)c1ccccc1. The van der Waals surface area contributed by atoms with Crippen LogP contribution in [0, 0.1) is 0 Å². The van der Waals surface area contributed by atoms with E-state index in [2.05, 4.69) is 13.8 Å². The lowest BCUT2D eigenvalue weighted by atomic mass is 9.91. The molecule has 3 heteroatoms. The standard InChI is InChI=1S/C15H24N2O/c1-5-9-12(2)17(4)14(18)15(3,16)13-10-7-6-8-11-13/h6-8,10-12H,5,9,16H2,1-4H3. The summed E-state index contributed by atoms with van der Waals surface area (Å²) in [6.45, 7) is 5.95. The van der Waals surface area contributed by atoms with Gasteiger partial charge in [0.2, 0.25) is 5.91 Å². The molecule has 0 radical (unpaired) electrons. The Bertz CT molecular complexity index is 387. The third-order valence-electron chi connectivity index (χ3n) is 3.51. The van der Waals surface area contributed by atoms with Gasteiger partial charge in [-0.05, 0) is 25.8 Å². The number of amides is 1. The highest BCUT2D eigenvalue weighted by Gasteiger charge is 2.34. The largest absolute Gasteiger partial charge is 0.341 e. The summed E-state index contributed by atoms with van der Waals surface area (Å²) in [6.07, 6.45) is 2.05. The minimum absolute atomic E-state index is 0.0327. The Morgan fingerprint density at radius 3 is 2.44 bits per heavy atom. The van der Waals surface area contributed by atoms with E-state index >= 15 is 0 Å². The molecule has 0 spiro atoms. The summed E-state index contributed by atoms with van der Waals surface area (Å²) in [5.74, 6) is -0.0327. The molecule has 1 aromatic carbocycles. The average molecular weight is 248 g/mol. The number of carbonyl (C=O) groups is 1. The van der Waals surface area contributed by atoms with Gasteiger partial charge >= 0.3 is 0 Å². The molecule has 0 bridgehead atoms. The number of nitrogens with two attached hydrogens (primary N) is 1. The number of nitrogens with zero attached hydrogens (tertiary/aromatic N) is 1. The molecule has 0 heterocycles. The van der Waals surface area contributed by atoms with E-state index in [-0.39, 0.29) is 11.9 Å². The lowest BCUT2D eigenvalue weighted by Crippen LogP contribution is -2.52. The summed E-state index contributed by atoms with van der Waals surface area (Å²) < 4.78 is 0. The average Bonchev–Trinajstić information content (AvgIpc) is 2.38. The molecule has 1 aromatic rings. The van der Waals surface area contributed by atoms with Gasteiger partial charge in [0.25, 0.3) is 0 Å². The Morgan fingerprint density at radius 1 is 1.39 bits per heavy atom. The van der Waals surface area contributed by atoms with Gasteiger partial charge in [0.15, 0.2) is 0 Å². The number of hydrogen-bond donors (Lipinski definition) is 1. The maximum atomic E-state index is 12.5. The first-order valence-electron chi connectivity index (χ1n) is 6.53. The summed E-state index contributed by atoms with van der Waals surface area (Å²) in [7, 11) is 1.83. The molecule has 2 atom stereocenters. The van der Waals surface area contributed by atoms with E-state index in [4.69, 9.17) is 5.73 Å². The molecule has 2 unspecified atom stereocenters. The summed E-state index contributed by atoms with van der Waals surface area (Å²) in [5, 5.41) is 0. The molecule has 100 valence electrons. The number of rotatable bonds is 5. The second-order valence-electron chi connectivity index (χ2n) is 5.12. The smallest absolute Gasteiger partial charge is 0.246 e. The fourth-order valence-electron chi connectivity index (χ4n) is 2.09. The van der Waals surface area contributed by atoms with Crippen molar-refractivity contribution in [1.82, 2.24) is 4.90 Å². The van der Waals surface area contributed by atoms with Crippen LogP contribution in [-0.2, 0) is 10.3 Å². The van der Waals surface area contributed by atoms with E-state index in [1.54, 1.807) is 11.8 Å². The van der Waals surface area contributed by atoms with Gasteiger partial charge in [-0.2, -0.15) is 0 Å². The molecule has 18 heavy (non-hydrogen) atoms. The van der Waals surface area contributed by atoms with Crippen LogP contribution >= 0.6 is 0 Å². The van der Waals surface area contributed by atoms with Crippen LogP contribution in [0.5, 0.6) is 0 Å². The van der Waals surface area contributed by atoms with E-state index in [1.807, 2.05) is 37.4 Å². The van der Waals surface area contributed by atoms with E-state index in [0.717, 1.165) is 18.4 Å². The lowest BCUT2D eigenvalue weighted by Gasteiger charge is -2.33. The van der Waals surface area contributed by atoms with Crippen molar-refractivity contribution in [3.05, 3.63) is 35.9 Å². The lowest BCUT2D eigenvalue weighted by molar-refractivity contribution is -0.137. The highest BCUT2D eigenvalue weighted by molar-refractivity contribution is 5.87. The van der Waals surface area contributed by atoms with Crippen LogP contribution in [0.4, 0.5) is 0 Å². The molecule has 2 N–H and O–H groups in total. The molecule has 0 saturated carbocycles. The molecular formula is C15H24N2O. The van der Waals surface area contributed by atoms with Crippen molar-refractivity contribution < 1.29 is 4.79 Å². The Labute approximate surface area is 110 Å². The summed E-state index contributed by atoms with van der Waals surface area (Å²) in [6, 6.07) is 9.75. The quantitative estimate of drug-likeness (QED) is 0.870. The molecule has 0 aliphatic rings. The van der Waals surface area contributed by atoms with Crippen LogP contribution in [0.2, 0.25) is 0 Å². The summed E-state index contributed by atoms with van der Waals surface area (Å²) >= 11 is 0. The predicted molar refractivity (Wildman–Crippen MR) is 75.1 cm³/mol. The number of likely N-dealkylation sites (N-methyl/N-ethyl adjacent to an activating group) is 1. The second-order valence-corrected chi connectivity index (χ2v) is 5.12. The van der Waals surface area contributed by atoms with Crippen LogP contribution in [0.1, 0.15) is 39.2 Å². The normalized spacial score (nSPS) is 15.8. The Kier molecular flexibility index (Phi) is 4.91. The first-order chi connectivity index (χ1) is 8.41. The summed E-state index contributed by atoms with van der Waals surface area (Å²) in [4.78, 5) is 14.2. The van der Waals surface area contributed by atoms with Gasteiger partial charge in [-0.3, -0.25) is 4.79 Å². The minimum atomic E-state index is -0.960. The van der Waals surface area contributed by atoms with Crippen LogP contribution in [0.25, 0.3) is 0 Å². The zero-order valence-electron chi connectivity index (χ0n) is 11.8. The molecule has 0 fully saturated rings. The zero-order valence-corrected chi connectivity index (χ0v) is 11.8. The highest BCUT2D eigenvalue weighted by atomic mass is 16.2. The number of hydrogen-bond acceptors (Lipinski definition) is 2. The van der Waals surface area contributed by atoms with E-state index in [0.29, 0.717) is 0 Å². The van der Waals surface area contributed by atoms with Gasteiger partial charge in [0, 0.05) is 13.1 Å². The van der Waals surface area contributed by atoms with E-state index in [1.165, 1.54) is 0 Å². The Balaban J connectivity index is 2.88. The molecule has 0 aliphatic carbocycles. The molecule has 0 saturated heterocycles. The topological polar surface area (TPSA) is 46.3 Å². The third kappa shape index (κ3) is 3.10.